The van der Waals surface area contributed by atoms with Crippen LogP contribution in [0, 0.1) is 5.82 Å². The van der Waals surface area contributed by atoms with Gasteiger partial charge in [-0.25, -0.2) is 4.39 Å². The third-order valence-electron chi connectivity index (χ3n) is 3.00. The number of hydrogen-bond acceptors (Lipinski definition) is 6. The van der Waals surface area contributed by atoms with Gasteiger partial charge < -0.3 is 9.47 Å². The fourth-order valence-corrected chi connectivity index (χ4v) is 2.53. The average Bonchev–Trinajstić information content (AvgIpc) is 3.08. The molecule has 3 aromatic rings. The van der Waals surface area contributed by atoms with Gasteiger partial charge in [0.05, 0.1) is 0 Å². The first kappa shape index (κ1) is 16.8. The maximum absolute atomic E-state index is 12.8. The highest BCUT2D eigenvalue weighted by Crippen LogP contribution is 2.18. The maximum Gasteiger partial charge on any atom is 0.264 e. The highest BCUT2D eigenvalue weighted by Gasteiger charge is 2.09. The molecule has 25 heavy (non-hydrogen) atoms. The largest absolute Gasteiger partial charge is 0.486 e. The Kier molecular flexibility index (Phi) is 5.53. The van der Waals surface area contributed by atoms with Crippen LogP contribution in [0.15, 0.2) is 54.6 Å². The third-order valence-corrected chi connectivity index (χ3v) is 3.81. The summed E-state index contributed by atoms with van der Waals surface area (Å²) in [5.41, 5.74) is 0. The predicted octanol–water partition coefficient (Wildman–Crippen LogP) is 3.27. The SMILES string of the molecule is O=C(COc1ccccc1)Nc1nnc(COc2ccc(F)cc2)s1. The Morgan fingerprint density at radius 1 is 1.00 bits per heavy atom. The van der Waals surface area contributed by atoms with Gasteiger partial charge in [-0.3, -0.25) is 10.1 Å². The van der Waals surface area contributed by atoms with Crippen molar-refractivity contribution in [3.63, 3.8) is 0 Å². The van der Waals surface area contributed by atoms with Gasteiger partial charge in [0, 0.05) is 0 Å². The van der Waals surface area contributed by atoms with Crippen LogP contribution in [-0.2, 0) is 11.4 Å². The lowest BCUT2D eigenvalue weighted by Crippen LogP contribution is -2.20. The van der Waals surface area contributed by atoms with Crippen LogP contribution >= 0.6 is 11.3 Å². The molecule has 1 N–H and O–H groups in total. The number of benzene rings is 2. The molecule has 128 valence electrons. The van der Waals surface area contributed by atoms with E-state index in [0.29, 0.717) is 21.6 Å². The number of carbonyl (C=O) groups is 1. The summed E-state index contributed by atoms with van der Waals surface area (Å²) in [6, 6.07) is 14.7. The summed E-state index contributed by atoms with van der Waals surface area (Å²) in [5.74, 6) is 0.485. The highest BCUT2D eigenvalue weighted by atomic mass is 32.1. The number of anilines is 1. The molecule has 0 bridgehead atoms. The summed E-state index contributed by atoms with van der Waals surface area (Å²) >= 11 is 1.20. The molecule has 0 saturated heterocycles. The molecule has 0 unspecified atom stereocenters. The molecule has 0 aliphatic rings. The van der Waals surface area contributed by atoms with Crippen LogP contribution in [0.1, 0.15) is 5.01 Å². The van der Waals surface area contributed by atoms with E-state index in [4.69, 9.17) is 9.47 Å². The lowest BCUT2D eigenvalue weighted by atomic mass is 10.3. The van der Waals surface area contributed by atoms with Crippen LogP contribution < -0.4 is 14.8 Å². The minimum absolute atomic E-state index is 0.120. The molecule has 2 aromatic carbocycles. The summed E-state index contributed by atoms with van der Waals surface area (Å²) in [4.78, 5) is 11.8. The quantitative estimate of drug-likeness (QED) is 0.701. The molecule has 1 aromatic heterocycles. The van der Waals surface area contributed by atoms with Gasteiger partial charge in [-0.1, -0.05) is 29.5 Å². The van der Waals surface area contributed by atoms with Gasteiger partial charge in [0.1, 0.15) is 23.9 Å². The summed E-state index contributed by atoms with van der Waals surface area (Å²) in [6.45, 7) is 0.0602. The molecule has 3 rings (SSSR count). The first-order chi connectivity index (χ1) is 12.2. The number of halogens is 1. The topological polar surface area (TPSA) is 73.3 Å². The third kappa shape index (κ3) is 5.25. The Bertz CT molecular complexity index is 825. The van der Waals surface area contributed by atoms with Crippen molar-refractivity contribution >= 4 is 22.4 Å². The van der Waals surface area contributed by atoms with Crippen LogP contribution in [0.2, 0.25) is 0 Å². The van der Waals surface area contributed by atoms with Crippen LogP contribution in [0.5, 0.6) is 11.5 Å². The molecule has 8 heteroatoms. The number of carbonyl (C=O) groups excluding carboxylic acids is 1. The zero-order valence-corrected chi connectivity index (χ0v) is 13.8. The van der Waals surface area contributed by atoms with E-state index >= 15 is 0 Å². The van der Waals surface area contributed by atoms with Crippen LogP contribution in [0.25, 0.3) is 0 Å². The number of hydrogen-bond donors (Lipinski definition) is 1. The lowest BCUT2D eigenvalue weighted by molar-refractivity contribution is -0.118. The number of amides is 1. The zero-order valence-electron chi connectivity index (χ0n) is 13.0. The fourth-order valence-electron chi connectivity index (χ4n) is 1.86. The Morgan fingerprint density at radius 2 is 1.72 bits per heavy atom. The van der Waals surface area contributed by atoms with E-state index in [2.05, 4.69) is 15.5 Å². The number of para-hydroxylation sites is 1. The summed E-state index contributed by atoms with van der Waals surface area (Å²) in [6.07, 6.45) is 0. The van der Waals surface area contributed by atoms with E-state index in [1.165, 1.54) is 35.6 Å². The van der Waals surface area contributed by atoms with E-state index < -0.39 is 0 Å². The van der Waals surface area contributed by atoms with Gasteiger partial charge in [-0.15, -0.1) is 10.2 Å². The first-order valence-corrected chi connectivity index (χ1v) is 8.19. The molecule has 0 spiro atoms. The predicted molar refractivity (Wildman–Crippen MR) is 91.2 cm³/mol. The van der Waals surface area contributed by atoms with Crippen LogP contribution in [-0.4, -0.2) is 22.7 Å². The van der Waals surface area contributed by atoms with Gasteiger partial charge in [0.2, 0.25) is 5.13 Å². The normalized spacial score (nSPS) is 10.3. The van der Waals surface area contributed by atoms with E-state index in [1.54, 1.807) is 12.1 Å². The van der Waals surface area contributed by atoms with Crippen molar-refractivity contribution in [1.82, 2.24) is 10.2 Å². The molecule has 0 radical (unpaired) electrons. The monoisotopic (exact) mass is 359 g/mol. The second-order valence-electron chi connectivity index (χ2n) is 4.89. The zero-order chi connectivity index (χ0) is 17.5. The first-order valence-electron chi connectivity index (χ1n) is 7.37. The smallest absolute Gasteiger partial charge is 0.264 e. The van der Waals surface area contributed by atoms with E-state index in [1.807, 2.05) is 18.2 Å². The molecule has 0 aliphatic heterocycles. The van der Waals surface area contributed by atoms with Crippen LogP contribution in [0.3, 0.4) is 0 Å². The van der Waals surface area contributed by atoms with Gasteiger partial charge in [-0.2, -0.15) is 0 Å². The van der Waals surface area contributed by atoms with Crippen molar-refractivity contribution < 1.29 is 18.7 Å². The van der Waals surface area contributed by atoms with Gasteiger partial charge in [-0.05, 0) is 36.4 Å². The van der Waals surface area contributed by atoms with Crippen molar-refractivity contribution in [2.24, 2.45) is 0 Å². The molecule has 6 nitrogen and oxygen atoms in total. The lowest BCUT2D eigenvalue weighted by Gasteiger charge is -2.04. The number of nitrogens with one attached hydrogen (secondary N) is 1. The number of rotatable bonds is 7. The summed E-state index contributed by atoms with van der Waals surface area (Å²) in [7, 11) is 0. The number of aromatic nitrogens is 2. The fraction of sp³-hybridized carbons (Fsp3) is 0.118. The van der Waals surface area contributed by atoms with Crippen molar-refractivity contribution in [1.29, 1.82) is 0 Å². The Balaban J connectivity index is 1.46. The molecule has 1 heterocycles. The Morgan fingerprint density at radius 3 is 2.48 bits per heavy atom. The van der Waals surface area contributed by atoms with Crippen molar-refractivity contribution in [2.45, 2.75) is 6.61 Å². The van der Waals surface area contributed by atoms with E-state index in [-0.39, 0.29) is 24.9 Å². The minimum atomic E-state index is -0.328. The standard InChI is InChI=1S/C17H14FN3O3S/c18-12-6-8-14(9-7-12)24-11-16-20-21-17(25-16)19-15(22)10-23-13-4-2-1-3-5-13/h1-9H,10-11H2,(H,19,21,22). The molecule has 0 saturated carbocycles. The second-order valence-corrected chi connectivity index (χ2v) is 5.96. The Labute approximate surface area is 147 Å². The van der Waals surface area contributed by atoms with Gasteiger partial charge in [0.25, 0.3) is 5.91 Å². The molecule has 0 atom stereocenters. The maximum atomic E-state index is 12.8. The van der Waals surface area contributed by atoms with Crippen molar-refractivity contribution in [3.05, 3.63) is 65.4 Å². The molecule has 1 amide bonds. The second kappa shape index (κ2) is 8.20. The van der Waals surface area contributed by atoms with Gasteiger partial charge >= 0.3 is 0 Å². The van der Waals surface area contributed by atoms with E-state index in [0.717, 1.165) is 0 Å². The average molecular weight is 359 g/mol. The minimum Gasteiger partial charge on any atom is -0.486 e. The molecule has 0 fully saturated rings. The number of ether oxygens (including phenoxy) is 2. The van der Waals surface area contributed by atoms with E-state index in [9.17, 15) is 9.18 Å². The summed E-state index contributed by atoms with van der Waals surface area (Å²) in [5, 5.41) is 11.4. The molecular weight excluding hydrogens is 345 g/mol. The van der Waals surface area contributed by atoms with Crippen molar-refractivity contribution in [2.75, 3.05) is 11.9 Å². The summed E-state index contributed by atoms with van der Waals surface area (Å²) < 4.78 is 23.6. The van der Waals surface area contributed by atoms with Crippen molar-refractivity contribution in [3.8, 4) is 11.5 Å². The number of nitrogens with zero attached hydrogens (tertiary/aromatic N) is 2. The van der Waals surface area contributed by atoms with Crippen LogP contribution in [0.4, 0.5) is 9.52 Å². The molecular formula is C17H14FN3O3S. The Hall–Kier alpha value is -3.00. The van der Waals surface area contributed by atoms with Gasteiger partial charge in [0.15, 0.2) is 11.6 Å². The molecule has 0 aliphatic carbocycles. The highest BCUT2D eigenvalue weighted by molar-refractivity contribution is 7.15.